The fraction of sp³-hybridized carbons (Fsp3) is 0.227. The molecule has 0 atom stereocenters. The summed E-state index contributed by atoms with van der Waals surface area (Å²) in [7, 11) is 3.98. The summed E-state index contributed by atoms with van der Waals surface area (Å²) in [4.78, 5) is 14.8. The lowest BCUT2D eigenvalue weighted by Gasteiger charge is -2.10. The summed E-state index contributed by atoms with van der Waals surface area (Å²) in [5.74, 6) is 0.630. The van der Waals surface area contributed by atoms with E-state index >= 15 is 0 Å². The highest BCUT2D eigenvalue weighted by Crippen LogP contribution is 2.25. The number of hydrogen-bond donors (Lipinski definition) is 1. The van der Waals surface area contributed by atoms with Gasteiger partial charge in [-0.25, -0.2) is 9.36 Å². The van der Waals surface area contributed by atoms with Crippen molar-refractivity contribution < 1.29 is 4.79 Å². The molecule has 0 fully saturated rings. The highest BCUT2D eigenvalue weighted by atomic mass is 32.2. The maximum absolute atomic E-state index is 12.8. The molecule has 0 aliphatic rings. The molecule has 0 radical (unpaired) electrons. The summed E-state index contributed by atoms with van der Waals surface area (Å²) in [6, 6.07) is 21.5. The topological polar surface area (TPSA) is 93.8 Å². The second-order valence-corrected chi connectivity index (χ2v) is 8.30. The number of rotatable bonds is 9. The average molecular weight is 449 g/mol. The van der Waals surface area contributed by atoms with Crippen molar-refractivity contribution in [1.82, 2.24) is 34.9 Å². The summed E-state index contributed by atoms with van der Waals surface area (Å²) in [5.41, 5.74) is 2.63. The molecule has 1 amide bonds. The van der Waals surface area contributed by atoms with Crippen LogP contribution < -0.4 is 5.32 Å². The summed E-state index contributed by atoms with van der Waals surface area (Å²) >= 11 is 1.30. The third-order valence-electron chi connectivity index (χ3n) is 4.64. The van der Waals surface area contributed by atoms with Crippen LogP contribution in [0.2, 0.25) is 0 Å². The molecule has 0 bridgehead atoms. The summed E-state index contributed by atoms with van der Waals surface area (Å²) in [6.45, 7) is 1.47. The Balaban J connectivity index is 1.49. The molecule has 0 saturated heterocycles. The molecule has 0 aliphatic carbocycles. The van der Waals surface area contributed by atoms with Gasteiger partial charge in [-0.05, 0) is 36.7 Å². The minimum Gasteiger partial charge on any atom is -0.310 e. The monoisotopic (exact) mass is 448 g/mol. The van der Waals surface area contributed by atoms with Crippen molar-refractivity contribution >= 4 is 23.5 Å². The first kappa shape index (κ1) is 21.7. The largest absolute Gasteiger partial charge is 0.310 e. The van der Waals surface area contributed by atoms with Crippen molar-refractivity contribution in [3.8, 4) is 16.9 Å². The number of likely N-dealkylation sites (N-methyl/N-ethyl adjacent to an activating group) is 1. The van der Waals surface area contributed by atoms with Crippen LogP contribution in [0.25, 0.3) is 16.9 Å². The Hall–Kier alpha value is -3.50. The van der Waals surface area contributed by atoms with Gasteiger partial charge in [0.15, 0.2) is 0 Å². The van der Waals surface area contributed by atoms with E-state index in [1.54, 1.807) is 9.36 Å². The molecule has 0 unspecified atom stereocenters. The zero-order valence-corrected chi connectivity index (χ0v) is 18.7. The van der Waals surface area contributed by atoms with E-state index in [9.17, 15) is 4.79 Å². The Bertz CT molecular complexity index is 1160. The number of tetrazole rings is 1. The lowest BCUT2D eigenvalue weighted by Crippen LogP contribution is -2.20. The third kappa shape index (κ3) is 5.40. The lowest BCUT2D eigenvalue weighted by molar-refractivity contribution is -0.113. The van der Waals surface area contributed by atoms with E-state index < -0.39 is 0 Å². The highest BCUT2D eigenvalue weighted by molar-refractivity contribution is 7.99. The van der Waals surface area contributed by atoms with Crippen molar-refractivity contribution in [2.75, 3.05) is 31.7 Å². The molecular formula is C22H24N8OS. The number of thioether (sulfide) groups is 1. The zero-order valence-electron chi connectivity index (χ0n) is 17.9. The molecule has 9 nitrogen and oxygen atoms in total. The van der Waals surface area contributed by atoms with Crippen LogP contribution in [0.5, 0.6) is 0 Å². The minimum atomic E-state index is -0.158. The van der Waals surface area contributed by atoms with Crippen molar-refractivity contribution in [2.45, 2.75) is 11.7 Å². The Morgan fingerprint density at radius 1 is 1.06 bits per heavy atom. The summed E-state index contributed by atoms with van der Waals surface area (Å²) in [5, 5.41) is 20.1. The number of carbonyl (C=O) groups excluding carboxylic acids is 1. The normalized spacial score (nSPS) is 11.1. The Morgan fingerprint density at radius 3 is 2.50 bits per heavy atom. The minimum absolute atomic E-state index is 0.158. The van der Waals surface area contributed by atoms with Gasteiger partial charge in [0, 0.05) is 18.2 Å². The predicted molar refractivity (Wildman–Crippen MR) is 125 cm³/mol. The van der Waals surface area contributed by atoms with Gasteiger partial charge in [0.2, 0.25) is 11.1 Å². The highest BCUT2D eigenvalue weighted by Gasteiger charge is 2.15. The number of carbonyl (C=O) groups is 1. The zero-order chi connectivity index (χ0) is 22.3. The standard InChI is InChI=1S/C22H24N8OS/c1-28(2)13-14-29-22(24-26-27-29)32-16-21(31)23-20-15-19(17-9-5-3-6-10-17)25-30(20)18-11-7-4-8-12-18/h3-12,15H,13-14,16H2,1-2H3,(H,23,31). The van der Waals surface area contributed by atoms with Crippen LogP contribution in [0.1, 0.15) is 0 Å². The van der Waals surface area contributed by atoms with Crippen LogP contribution in [0, 0.1) is 0 Å². The number of amides is 1. The SMILES string of the molecule is CN(C)CCn1nnnc1SCC(=O)Nc1cc(-c2ccccc2)nn1-c1ccccc1. The van der Waals surface area contributed by atoms with Gasteiger partial charge in [-0.2, -0.15) is 5.10 Å². The van der Waals surface area contributed by atoms with Gasteiger partial charge in [-0.1, -0.05) is 60.3 Å². The molecule has 2 aromatic carbocycles. The predicted octanol–water partition coefficient (Wildman–Crippen LogP) is 2.82. The van der Waals surface area contributed by atoms with Crippen LogP contribution in [-0.2, 0) is 11.3 Å². The van der Waals surface area contributed by atoms with Crippen LogP contribution in [0.3, 0.4) is 0 Å². The Labute approximate surface area is 190 Å². The second-order valence-electron chi connectivity index (χ2n) is 7.35. The fourth-order valence-corrected chi connectivity index (χ4v) is 3.73. The first-order chi connectivity index (χ1) is 15.6. The maximum Gasteiger partial charge on any atom is 0.236 e. The van der Waals surface area contributed by atoms with Crippen LogP contribution in [0.4, 0.5) is 5.82 Å². The van der Waals surface area contributed by atoms with Gasteiger partial charge in [0.05, 0.1) is 23.7 Å². The van der Waals surface area contributed by atoms with E-state index in [0.717, 1.165) is 23.5 Å². The van der Waals surface area contributed by atoms with Crippen molar-refractivity contribution in [2.24, 2.45) is 0 Å². The van der Waals surface area contributed by atoms with Crippen LogP contribution in [-0.4, -0.2) is 67.2 Å². The van der Waals surface area contributed by atoms with Gasteiger partial charge in [-0.15, -0.1) is 5.10 Å². The number of hydrogen-bond acceptors (Lipinski definition) is 7. The summed E-state index contributed by atoms with van der Waals surface area (Å²) in [6.07, 6.45) is 0. The molecule has 32 heavy (non-hydrogen) atoms. The van der Waals surface area contributed by atoms with Gasteiger partial charge in [-0.3, -0.25) is 4.79 Å². The third-order valence-corrected chi connectivity index (χ3v) is 5.59. The van der Waals surface area contributed by atoms with Gasteiger partial charge in [0.1, 0.15) is 5.82 Å². The fourth-order valence-electron chi connectivity index (χ4n) is 3.03. The van der Waals surface area contributed by atoms with E-state index in [2.05, 4.69) is 25.7 Å². The molecule has 1 N–H and O–H groups in total. The second kappa shape index (κ2) is 10.2. The van der Waals surface area contributed by atoms with E-state index in [4.69, 9.17) is 5.10 Å². The molecule has 164 valence electrons. The van der Waals surface area contributed by atoms with Crippen LogP contribution in [0.15, 0.2) is 71.9 Å². The number of aromatic nitrogens is 6. The number of para-hydroxylation sites is 1. The lowest BCUT2D eigenvalue weighted by atomic mass is 10.2. The van der Waals surface area contributed by atoms with Crippen molar-refractivity contribution in [1.29, 1.82) is 0 Å². The number of nitrogens with one attached hydrogen (secondary N) is 1. The Kier molecular flexibility index (Phi) is 6.93. The first-order valence-corrected chi connectivity index (χ1v) is 11.1. The summed E-state index contributed by atoms with van der Waals surface area (Å²) < 4.78 is 3.45. The molecule has 0 aliphatic heterocycles. The molecule has 0 spiro atoms. The quantitative estimate of drug-likeness (QED) is 0.394. The van der Waals surface area contributed by atoms with Gasteiger partial charge < -0.3 is 10.2 Å². The van der Waals surface area contributed by atoms with E-state index in [1.807, 2.05) is 80.8 Å². The molecular weight excluding hydrogens is 424 g/mol. The molecule has 4 rings (SSSR count). The van der Waals surface area contributed by atoms with Gasteiger partial charge >= 0.3 is 0 Å². The molecule has 2 heterocycles. The maximum atomic E-state index is 12.8. The van der Waals surface area contributed by atoms with E-state index in [0.29, 0.717) is 17.5 Å². The van der Waals surface area contributed by atoms with E-state index in [1.165, 1.54) is 11.8 Å². The van der Waals surface area contributed by atoms with Crippen molar-refractivity contribution in [3.05, 3.63) is 66.7 Å². The Morgan fingerprint density at radius 2 is 1.78 bits per heavy atom. The first-order valence-electron chi connectivity index (χ1n) is 10.1. The average Bonchev–Trinajstić information content (AvgIpc) is 3.44. The molecule has 0 saturated carbocycles. The van der Waals surface area contributed by atoms with Crippen LogP contribution >= 0.6 is 11.8 Å². The molecule has 2 aromatic heterocycles. The smallest absolute Gasteiger partial charge is 0.236 e. The van der Waals surface area contributed by atoms with Gasteiger partial charge in [0.25, 0.3) is 0 Å². The number of nitrogens with zero attached hydrogens (tertiary/aromatic N) is 7. The molecule has 4 aromatic rings. The number of anilines is 1. The molecule has 10 heteroatoms. The number of benzene rings is 2. The van der Waals surface area contributed by atoms with E-state index in [-0.39, 0.29) is 11.7 Å². The van der Waals surface area contributed by atoms with Crippen molar-refractivity contribution in [3.63, 3.8) is 0 Å².